The summed E-state index contributed by atoms with van der Waals surface area (Å²) in [7, 11) is 0. The largest absolute Gasteiger partial charge is 0.480 e. The number of carbonyl (C=O) groups excluding carboxylic acids is 1. The highest BCUT2D eigenvalue weighted by atomic mass is 35.5. The second-order valence-corrected chi connectivity index (χ2v) is 5.94. The van der Waals surface area contributed by atoms with Crippen molar-refractivity contribution in [3.8, 4) is 5.75 Å². The topological polar surface area (TPSA) is 44.8 Å². The van der Waals surface area contributed by atoms with Gasteiger partial charge >= 0.3 is 5.97 Å². The number of esters is 1. The molecule has 0 aromatic heterocycles. The first-order valence-electron chi connectivity index (χ1n) is 6.98. The van der Waals surface area contributed by atoms with Gasteiger partial charge in [0.1, 0.15) is 11.9 Å². The van der Waals surface area contributed by atoms with Crippen LogP contribution in [0.2, 0.25) is 15.1 Å². The van der Waals surface area contributed by atoms with Crippen LogP contribution >= 0.6 is 34.8 Å². The van der Waals surface area contributed by atoms with Crippen LogP contribution in [0, 0.1) is 0 Å². The SMILES string of the molecule is CCCCOCC(C)OC(=O)COc1cc(Cl)c(Cl)cc1Cl. The number of hydrogen-bond donors (Lipinski definition) is 0. The Hall–Kier alpha value is -0.680. The number of rotatable bonds is 9. The molecule has 0 aliphatic heterocycles. The summed E-state index contributed by atoms with van der Waals surface area (Å²) in [6, 6.07) is 2.91. The summed E-state index contributed by atoms with van der Waals surface area (Å²) in [5, 5.41) is 0.893. The molecule has 1 aromatic rings. The summed E-state index contributed by atoms with van der Waals surface area (Å²) in [5.41, 5.74) is 0. The Balaban J connectivity index is 2.35. The maximum atomic E-state index is 11.7. The van der Waals surface area contributed by atoms with Gasteiger partial charge in [-0.3, -0.25) is 0 Å². The van der Waals surface area contributed by atoms with Crippen molar-refractivity contribution in [3.63, 3.8) is 0 Å². The molecule has 1 aromatic carbocycles. The highest BCUT2D eigenvalue weighted by molar-refractivity contribution is 6.43. The Bertz CT molecular complexity index is 494. The molecule has 0 aliphatic rings. The Morgan fingerprint density at radius 2 is 1.86 bits per heavy atom. The second kappa shape index (κ2) is 10.2. The lowest BCUT2D eigenvalue weighted by molar-refractivity contribution is -0.153. The minimum absolute atomic E-state index is 0.267. The lowest BCUT2D eigenvalue weighted by Gasteiger charge is -2.14. The Kier molecular flexibility index (Phi) is 8.95. The average Bonchev–Trinajstić information content (AvgIpc) is 2.46. The van der Waals surface area contributed by atoms with Gasteiger partial charge in [0, 0.05) is 12.7 Å². The average molecular weight is 370 g/mol. The molecule has 4 nitrogen and oxygen atoms in total. The molecular formula is C15H19Cl3O4. The standard InChI is InChI=1S/C15H19Cl3O4/c1-3-4-5-20-8-10(2)22-15(19)9-21-14-7-12(17)11(16)6-13(14)18/h6-7,10H,3-5,8-9H2,1-2H3. The number of benzene rings is 1. The predicted molar refractivity (Wildman–Crippen MR) is 88.2 cm³/mol. The third kappa shape index (κ3) is 7.05. The van der Waals surface area contributed by atoms with Crippen molar-refractivity contribution in [2.75, 3.05) is 19.8 Å². The fourth-order valence-electron chi connectivity index (χ4n) is 1.54. The molecule has 1 atom stereocenters. The van der Waals surface area contributed by atoms with Crippen molar-refractivity contribution in [2.24, 2.45) is 0 Å². The normalized spacial score (nSPS) is 12.0. The van der Waals surface area contributed by atoms with Gasteiger partial charge in [0.15, 0.2) is 6.61 Å². The van der Waals surface area contributed by atoms with E-state index < -0.39 is 5.97 Å². The summed E-state index contributed by atoms with van der Waals surface area (Å²) in [4.78, 5) is 11.7. The van der Waals surface area contributed by atoms with Crippen molar-refractivity contribution in [1.29, 1.82) is 0 Å². The van der Waals surface area contributed by atoms with Crippen molar-refractivity contribution in [1.82, 2.24) is 0 Å². The summed E-state index contributed by atoms with van der Waals surface area (Å²) < 4.78 is 15.8. The van der Waals surface area contributed by atoms with Crippen molar-refractivity contribution in [2.45, 2.75) is 32.8 Å². The van der Waals surface area contributed by atoms with Gasteiger partial charge in [-0.1, -0.05) is 48.1 Å². The molecule has 124 valence electrons. The first-order valence-corrected chi connectivity index (χ1v) is 8.12. The van der Waals surface area contributed by atoms with E-state index in [4.69, 9.17) is 49.0 Å². The maximum Gasteiger partial charge on any atom is 0.344 e. The second-order valence-electron chi connectivity index (χ2n) is 4.71. The molecule has 0 radical (unpaired) electrons. The zero-order valence-corrected chi connectivity index (χ0v) is 14.8. The highest BCUT2D eigenvalue weighted by Gasteiger charge is 2.13. The van der Waals surface area contributed by atoms with E-state index in [0.717, 1.165) is 12.8 Å². The van der Waals surface area contributed by atoms with E-state index in [2.05, 4.69) is 6.92 Å². The minimum Gasteiger partial charge on any atom is -0.480 e. The molecule has 0 N–H and O–H groups in total. The van der Waals surface area contributed by atoms with Crippen LogP contribution in [0.25, 0.3) is 0 Å². The number of unbranched alkanes of at least 4 members (excludes halogenated alkanes) is 1. The fraction of sp³-hybridized carbons (Fsp3) is 0.533. The fourth-order valence-corrected chi connectivity index (χ4v) is 2.13. The van der Waals surface area contributed by atoms with Gasteiger partial charge in [-0.15, -0.1) is 0 Å². The van der Waals surface area contributed by atoms with Crippen LogP contribution in [-0.4, -0.2) is 31.9 Å². The molecule has 0 aliphatic carbocycles. The smallest absolute Gasteiger partial charge is 0.344 e. The van der Waals surface area contributed by atoms with E-state index in [-0.39, 0.29) is 23.5 Å². The van der Waals surface area contributed by atoms with Gasteiger partial charge in [0.25, 0.3) is 0 Å². The van der Waals surface area contributed by atoms with Crippen LogP contribution in [0.1, 0.15) is 26.7 Å². The Morgan fingerprint density at radius 1 is 1.18 bits per heavy atom. The van der Waals surface area contributed by atoms with Crippen LogP contribution in [0.3, 0.4) is 0 Å². The van der Waals surface area contributed by atoms with Gasteiger partial charge in [0.05, 0.1) is 21.7 Å². The molecule has 7 heteroatoms. The first-order chi connectivity index (χ1) is 10.4. The third-order valence-electron chi connectivity index (χ3n) is 2.65. The summed E-state index contributed by atoms with van der Waals surface area (Å²) in [5.74, 6) is -0.228. The van der Waals surface area contributed by atoms with E-state index in [1.165, 1.54) is 12.1 Å². The van der Waals surface area contributed by atoms with Crippen LogP contribution in [0.4, 0.5) is 0 Å². The van der Waals surface area contributed by atoms with Crippen LogP contribution in [0.5, 0.6) is 5.75 Å². The van der Waals surface area contributed by atoms with E-state index in [0.29, 0.717) is 23.3 Å². The van der Waals surface area contributed by atoms with E-state index in [1.54, 1.807) is 6.92 Å². The van der Waals surface area contributed by atoms with Gasteiger partial charge < -0.3 is 14.2 Å². The van der Waals surface area contributed by atoms with Crippen LogP contribution in [-0.2, 0) is 14.3 Å². The third-order valence-corrected chi connectivity index (χ3v) is 3.67. The van der Waals surface area contributed by atoms with Gasteiger partial charge in [-0.25, -0.2) is 4.79 Å². The molecule has 0 fully saturated rings. The number of carbonyl (C=O) groups is 1. The van der Waals surface area contributed by atoms with E-state index in [1.807, 2.05) is 0 Å². The van der Waals surface area contributed by atoms with Crippen LogP contribution < -0.4 is 4.74 Å². The van der Waals surface area contributed by atoms with Gasteiger partial charge in [-0.2, -0.15) is 0 Å². The predicted octanol–water partition coefficient (Wildman–Crippen LogP) is 4.77. The molecule has 0 saturated heterocycles. The van der Waals surface area contributed by atoms with E-state index in [9.17, 15) is 4.79 Å². The van der Waals surface area contributed by atoms with Gasteiger partial charge in [-0.05, 0) is 19.4 Å². The number of hydrogen-bond acceptors (Lipinski definition) is 4. The van der Waals surface area contributed by atoms with E-state index >= 15 is 0 Å². The molecule has 0 heterocycles. The number of ether oxygens (including phenoxy) is 3. The Morgan fingerprint density at radius 3 is 2.55 bits per heavy atom. The quantitative estimate of drug-likeness (QED) is 0.357. The summed E-state index contributed by atoms with van der Waals surface area (Å²) in [6.07, 6.45) is 1.71. The monoisotopic (exact) mass is 368 g/mol. The molecule has 0 saturated carbocycles. The van der Waals surface area contributed by atoms with Crippen molar-refractivity contribution >= 4 is 40.8 Å². The summed E-state index contributed by atoms with van der Waals surface area (Å²) >= 11 is 17.6. The molecule has 1 rings (SSSR count). The molecule has 1 unspecified atom stereocenters. The molecular weight excluding hydrogens is 351 g/mol. The first kappa shape index (κ1) is 19.4. The lowest BCUT2D eigenvalue weighted by Crippen LogP contribution is -2.24. The molecule has 0 amide bonds. The van der Waals surface area contributed by atoms with Crippen LogP contribution in [0.15, 0.2) is 12.1 Å². The Labute approximate surface area is 145 Å². The highest BCUT2D eigenvalue weighted by Crippen LogP contribution is 2.33. The maximum absolute atomic E-state index is 11.7. The number of halogens is 3. The lowest BCUT2D eigenvalue weighted by atomic mass is 10.3. The molecule has 22 heavy (non-hydrogen) atoms. The van der Waals surface area contributed by atoms with Gasteiger partial charge in [0.2, 0.25) is 0 Å². The zero-order valence-electron chi connectivity index (χ0n) is 12.5. The zero-order chi connectivity index (χ0) is 16.5. The van der Waals surface area contributed by atoms with Crippen molar-refractivity contribution < 1.29 is 19.0 Å². The van der Waals surface area contributed by atoms with Crippen molar-refractivity contribution in [3.05, 3.63) is 27.2 Å². The minimum atomic E-state index is -0.506. The molecule has 0 bridgehead atoms. The summed E-state index contributed by atoms with van der Waals surface area (Å²) in [6.45, 7) is 4.60. The molecule has 0 spiro atoms.